The molecule has 1 aromatic heterocycles. The number of nitrogens with zero attached hydrogens (tertiary/aromatic N) is 3. The molecule has 94 valence electrons. The second-order valence-electron chi connectivity index (χ2n) is 4.03. The van der Waals surface area contributed by atoms with Crippen LogP contribution >= 0.6 is 11.8 Å². The highest BCUT2D eigenvalue weighted by Gasteiger charge is 2.10. The van der Waals surface area contributed by atoms with E-state index < -0.39 is 0 Å². The molecule has 0 spiro atoms. The summed E-state index contributed by atoms with van der Waals surface area (Å²) in [4.78, 5) is 10.8. The van der Waals surface area contributed by atoms with Crippen LogP contribution in [0.15, 0.2) is 29.7 Å². The summed E-state index contributed by atoms with van der Waals surface area (Å²) in [6.07, 6.45) is 1.64. The minimum Gasteiger partial charge on any atom is -0.369 e. The van der Waals surface area contributed by atoms with Crippen molar-refractivity contribution in [1.29, 1.82) is 0 Å². The molecule has 0 unspecified atom stereocenters. The SMILES string of the molecule is Cc1ccc(-n2cnnc2SCC(N)=O)c(C)c1. The molecule has 1 heterocycles. The molecular formula is C12H14N4OS. The highest BCUT2D eigenvalue weighted by Crippen LogP contribution is 2.22. The summed E-state index contributed by atoms with van der Waals surface area (Å²) in [6.45, 7) is 4.08. The number of thioether (sulfide) groups is 1. The lowest BCUT2D eigenvalue weighted by Crippen LogP contribution is -2.13. The van der Waals surface area contributed by atoms with Crippen LogP contribution in [0.5, 0.6) is 0 Å². The van der Waals surface area contributed by atoms with Crippen LogP contribution in [-0.2, 0) is 4.79 Å². The molecule has 0 aliphatic heterocycles. The van der Waals surface area contributed by atoms with Crippen LogP contribution in [0, 0.1) is 13.8 Å². The van der Waals surface area contributed by atoms with Gasteiger partial charge in [-0.05, 0) is 25.5 Å². The Hall–Kier alpha value is -1.82. The largest absolute Gasteiger partial charge is 0.369 e. The number of primary amides is 1. The van der Waals surface area contributed by atoms with Crippen LogP contribution < -0.4 is 5.73 Å². The van der Waals surface area contributed by atoms with Crippen LogP contribution in [0.1, 0.15) is 11.1 Å². The number of rotatable bonds is 4. The topological polar surface area (TPSA) is 73.8 Å². The van der Waals surface area contributed by atoms with Gasteiger partial charge in [-0.2, -0.15) is 0 Å². The molecule has 2 rings (SSSR count). The van der Waals surface area contributed by atoms with Gasteiger partial charge in [0.1, 0.15) is 6.33 Å². The normalized spacial score (nSPS) is 10.6. The number of carbonyl (C=O) groups is 1. The van der Waals surface area contributed by atoms with Crippen molar-refractivity contribution in [2.45, 2.75) is 19.0 Å². The molecule has 0 radical (unpaired) electrons. The molecule has 1 amide bonds. The van der Waals surface area contributed by atoms with Crippen molar-refractivity contribution in [2.75, 3.05) is 5.75 Å². The van der Waals surface area contributed by atoms with Gasteiger partial charge in [0.15, 0.2) is 5.16 Å². The van der Waals surface area contributed by atoms with E-state index in [1.165, 1.54) is 17.3 Å². The molecule has 0 saturated carbocycles. The number of benzene rings is 1. The first-order valence-electron chi connectivity index (χ1n) is 5.46. The Morgan fingerprint density at radius 2 is 2.22 bits per heavy atom. The van der Waals surface area contributed by atoms with Crippen LogP contribution in [0.25, 0.3) is 5.69 Å². The highest BCUT2D eigenvalue weighted by molar-refractivity contribution is 7.99. The van der Waals surface area contributed by atoms with Crippen LogP contribution in [0.2, 0.25) is 0 Å². The summed E-state index contributed by atoms with van der Waals surface area (Å²) in [6, 6.07) is 6.14. The van der Waals surface area contributed by atoms with Crippen molar-refractivity contribution in [3.63, 3.8) is 0 Å². The summed E-state index contributed by atoms with van der Waals surface area (Å²) < 4.78 is 1.86. The molecule has 2 aromatic rings. The Balaban J connectivity index is 2.33. The Morgan fingerprint density at radius 1 is 1.44 bits per heavy atom. The predicted octanol–water partition coefficient (Wildman–Crippen LogP) is 1.46. The van der Waals surface area contributed by atoms with E-state index >= 15 is 0 Å². The Kier molecular flexibility index (Phi) is 3.66. The molecule has 0 bridgehead atoms. The van der Waals surface area contributed by atoms with E-state index in [0.29, 0.717) is 5.16 Å². The lowest BCUT2D eigenvalue weighted by molar-refractivity contribution is -0.115. The molecule has 0 fully saturated rings. The van der Waals surface area contributed by atoms with Crippen LogP contribution in [0.3, 0.4) is 0 Å². The summed E-state index contributed by atoms with van der Waals surface area (Å²) in [5, 5.41) is 8.54. The molecule has 6 heteroatoms. The van der Waals surface area contributed by atoms with E-state index in [9.17, 15) is 4.79 Å². The number of hydrogen-bond acceptors (Lipinski definition) is 4. The summed E-state index contributed by atoms with van der Waals surface area (Å²) in [5.74, 6) is -0.168. The zero-order valence-electron chi connectivity index (χ0n) is 10.3. The fourth-order valence-electron chi connectivity index (χ4n) is 1.70. The van der Waals surface area contributed by atoms with Gasteiger partial charge in [-0.15, -0.1) is 10.2 Å². The smallest absolute Gasteiger partial charge is 0.227 e. The maximum atomic E-state index is 10.8. The molecular weight excluding hydrogens is 248 g/mol. The zero-order valence-corrected chi connectivity index (χ0v) is 11.1. The van der Waals surface area contributed by atoms with Gasteiger partial charge >= 0.3 is 0 Å². The fraction of sp³-hybridized carbons (Fsp3) is 0.250. The third-order valence-corrected chi connectivity index (χ3v) is 3.44. The molecule has 0 aliphatic carbocycles. The van der Waals surface area contributed by atoms with Gasteiger partial charge < -0.3 is 5.73 Å². The third kappa shape index (κ3) is 2.70. The second-order valence-corrected chi connectivity index (χ2v) is 4.97. The Bertz CT molecular complexity index is 579. The van der Waals surface area contributed by atoms with E-state index in [2.05, 4.69) is 16.3 Å². The van der Waals surface area contributed by atoms with E-state index in [1.54, 1.807) is 6.33 Å². The molecule has 0 saturated heterocycles. The number of nitrogens with two attached hydrogens (primary N) is 1. The van der Waals surface area contributed by atoms with Gasteiger partial charge in [0.05, 0.1) is 11.4 Å². The summed E-state index contributed by atoms with van der Waals surface area (Å²) in [5.41, 5.74) is 8.48. The van der Waals surface area contributed by atoms with Gasteiger partial charge in [0.2, 0.25) is 5.91 Å². The third-order valence-electron chi connectivity index (χ3n) is 2.47. The average Bonchev–Trinajstić information content (AvgIpc) is 2.74. The molecule has 18 heavy (non-hydrogen) atoms. The van der Waals surface area contributed by atoms with Crippen molar-refractivity contribution in [3.05, 3.63) is 35.7 Å². The Labute approximate surface area is 109 Å². The predicted molar refractivity (Wildman–Crippen MR) is 70.8 cm³/mol. The fourth-order valence-corrected chi connectivity index (χ4v) is 2.36. The van der Waals surface area contributed by atoms with E-state index in [0.717, 1.165) is 11.3 Å². The maximum absolute atomic E-state index is 10.8. The number of carbonyl (C=O) groups excluding carboxylic acids is 1. The number of aromatic nitrogens is 3. The minimum absolute atomic E-state index is 0.198. The quantitative estimate of drug-likeness (QED) is 0.847. The van der Waals surface area contributed by atoms with Crippen molar-refractivity contribution < 1.29 is 4.79 Å². The van der Waals surface area contributed by atoms with Gasteiger partial charge in [0, 0.05) is 0 Å². The van der Waals surface area contributed by atoms with Crippen molar-refractivity contribution in [2.24, 2.45) is 5.73 Å². The Morgan fingerprint density at radius 3 is 2.89 bits per heavy atom. The highest BCUT2D eigenvalue weighted by atomic mass is 32.2. The summed E-state index contributed by atoms with van der Waals surface area (Å²) >= 11 is 1.28. The number of hydrogen-bond donors (Lipinski definition) is 1. The first-order chi connectivity index (χ1) is 8.58. The molecule has 2 N–H and O–H groups in total. The van der Waals surface area contributed by atoms with Gasteiger partial charge in [-0.1, -0.05) is 29.5 Å². The van der Waals surface area contributed by atoms with Crippen molar-refractivity contribution >= 4 is 17.7 Å². The maximum Gasteiger partial charge on any atom is 0.227 e. The standard InChI is InChI=1S/C12H14N4OS/c1-8-3-4-10(9(2)5-8)16-7-14-15-12(16)18-6-11(13)17/h3-5,7H,6H2,1-2H3,(H2,13,17). The van der Waals surface area contributed by atoms with Crippen LogP contribution in [-0.4, -0.2) is 26.4 Å². The van der Waals surface area contributed by atoms with Crippen molar-refractivity contribution in [1.82, 2.24) is 14.8 Å². The van der Waals surface area contributed by atoms with E-state index in [4.69, 9.17) is 5.73 Å². The van der Waals surface area contributed by atoms with E-state index in [1.807, 2.05) is 30.5 Å². The number of amides is 1. The van der Waals surface area contributed by atoms with Crippen molar-refractivity contribution in [3.8, 4) is 5.69 Å². The first kappa shape index (κ1) is 12.6. The average molecular weight is 262 g/mol. The van der Waals surface area contributed by atoms with Gasteiger partial charge in [-0.3, -0.25) is 9.36 Å². The first-order valence-corrected chi connectivity index (χ1v) is 6.45. The summed E-state index contributed by atoms with van der Waals surface area (Å²) in [7, 11) is 0. The lowest BCUT2D eigenvalue weighted by Gasteiger charge is -2.09. The zero-order chi connectivity index (χ0) is 13.1. The van der Waals surface area contributed by atoms with Gasteiger partial charge in [-0.25, -0.2) is 0 Å². The van der Waals surface area contributed by atoms with Gasteiger partial charge in [0.25, 0.3) is 0 Å². The second kappa shape index (κ2) is 5.22. The van der Waals surface area contributed by atoms with E-state index in [-0.39, 0.29) is 11.7 Å². The molecule has 5 nitrogen and oxygen atoms in total. The van der Waals surface area contributed by atoms with Crippen LogP contribution in [0.4, 0.5) is 0 Å². The monoisotopic (exact) mass is 262 g/mol. The lowest BCUT2D eigenvalue weighted by atomic mass is 10.1. The molecule has 0 aliphatic rings. The minimum atomic E-state index is -0.366. The molecule has 0 atom stereocenters. The molecule has 1 aromatic carbocycles. The number of aryl methyl sites for hydroxylation is 2.